The highest BCUT2D eigenvalue weighted by atomic mass is 16.5. The molecule has 1 atom stereocenters. The van der Waals surface area contributed by atoms with Crippen molar-refractivity contribution in [1.29, 1.82) is 0 Å². The predicted molar refractivity (Wildman–Crippen MR) is 112 cm³/mol. The van der Waals surface area contributed by atoms with Crippen LogP contribution in [-0.4, -0.2) is 18.4 Å². The van der Waals surface area contributed by atoms with Crippen molar-refractivity contribution >= 4 is 17.3 Å². The third kappa shape index (κ3) is 4.86. The van der Waals surface area contributed by atoms with Gasteiger partial charge in [-0.25, -0.2) is 4.79 Å². The van der Waals surface area contributed by atoms with Gasteiger partial charge in [0.2, 0.25) is 0 Å². The van der Waals surface area contributed by atoms with E-state index in [1.54, 1.807) is 25.1 Å². The van der Waals surface area contributed by atoms with Gasteiger partial charge in [-0.1, -0.05) is 67.1 Å². The van der Waals surface area contributed by atoms with Crippen molar-refractivity contribution in [3.05, 3.63) is 89.0 Å². The summed E-state index contributed by atoms with van der Waals surface area (Å²) in [7, 11) is 0. The summed E-state index contributed by atoms with van der Waals surface area (Å²) in [5, 5.41) is 0. The van der Waals surface area contributed by atoms with E-state index in [1.807, 2.05) is 12.1 Å². The fourth-order valence-electron chi connectivity index (χ4n) is 3.58. The van der Waals surface area contributed by atoms with Crippen LogP contribution in [0.3, 0.4) is 0 Å². The number of carbonyl (C=O) groups is 2. The van der Waals surface area contributed by atoms with E-state index in [4.69, 9.17) is 4.74 Å². The number of ketones is 1. The minimum atomic E-state index is -0.346. The van der Waals surface area contributed by atoms with Crippen LogP contribution in [0.25, 0.3) is 5.57 Å². The average Bonchev–Trinajstić information content (AvgIpc) is 3.08. The number of benzene rings is 2. The van der Waals surface area contributed by atoms with Gasteiger partial charge in [0.25, 0.3) is 0 Å². The highest BCUT2D eigenvalue weighted by molar-refractivity contribution is 5.90. The van der Waals surface area contributed by atoms with Gasteiger partial charge in [-0.3, -0.25) is 4.79 Å². The van der Waals surface area contributed by atoms with Crippen molar-refractivity contribution in [3.8, 4) is 0 Å². The van der Waals surface area contributed by atoms with Crippen LogP contribution in [0.5, 0.6) is 0 Å². The number of allylic oxidation sites excluding steroid dienone is 4. The van der Waals surface area contributed by atoms with Crippen molar-refractivity contribution in [2.45, 2.75) is 33.1 Å². The smallest absolute Gasteiger partial charge is 0.338 e. The first kappa shape index (κ1) is 19.8. The maximum absolute atomic E-state index is 12.5. The molecule has 1 aliphatic rings. The van der Waals surface area contributed by atoms with E-state index in [2.05, 4.69) is 43.3 Å². The second kappa shape index (κ2) is 9.32. The Hall–Kier alpha value is -2.94. The van der Waals surface area contributed by atoms with Crippen molar-refractivity contribution in [1.82, 2.24) is 0 Å². The minimum Gasteiger partial charge on any atom is -0.462 e. The van der Waals surface area contributed by atoms with E-state index >= 15 is 0 Å². The van der Waals surface area contributed by atoms with Crippen LogP contribution in [0.1, 0.15) is 48.2 Å². The second-order valence-electron chi connectivity index (χ2n) is 7.09. The molecule has 2 aromatic carbocycles. The summed E-state index contributed by atoms with van der Waals surface area (Å²) in [6.45, 7) is 4.32. The Morgan fingerprint density at radius 1 is 1.00 bits per heavy atom. The zero-order valence-electron chi connectivity index (χ0n) is 16.5. The number of rotatable bonds is 8. The molecule has 0 heterocycles. The number of hydrogen-bond donors (Lipinski definition) is 0. The molecule has 144 valence electrons. The van der Waals surface area contributed by atoms with Gasteiger partial charge < -0.3 is 4.74 Å². The molecule has 3 heteroatoms. The number of ether oxygens (including phenoxy) is 1. The Kier molecular flexibility index (Phi) is 6.59. The Labute approximate surface area is 166 Å². The Morgan fingerprint density at radius 3 is 2.54 bits per heavy atom. The topological polar surface area (TPSA) is 43.4 Å². The fourth-order valence-corrected chi connectivity index (χ4v) is 3.58. The lowest BCUT2D eigenvalue weighted by Crippen LogP contribution is -2.08. The first-order valence-electron chi connectivity index (χ1n) is 9.82. The van der Waals surface area contributed by atoms with E-state index in [0.717, 1.165) is 12.0 Å². The van der Waals surface area contributed by atoms with Gasteiger partial charge in [-0.2, -0.15) is 0 Å². The van der Waals surface area contributed by atoms with Crippen LogP contribution in [0.4, 0.5) is 0 Å². The van der Waals surface area contributed by atoms with Gasteiger partial charge >= 0.3 is 5.97 Å². The predicted octanol–water partition coefficient (Wildman–Crippen LogP) is 5.41. The summed E-state index contributed by atoms with van der Waals surface area (Å²) in [6, 6.07) is 17.5. The van der Waals surface area contributed by atoms with Gasteiger partial charge in [0, 0.05) is 18.8 Å². The largest absolute Gasteiger partial charge is 0.462 e. The molecule has 1 unspecified atom stereocenters. The van der Waals surface area contributed by atoms with E-state index in [9.17, 15) is 9.59 Å². The van der Waals surface area contributed by atoms with Crippen LogP contribution < -0.4 is 0 Å². The summed E-state index contributed by atoms with van der Waals surface area (Å²) in [4.78, 5) is 24.3. The van der Waals surface area contributed by atoms with E-state index < -0.39 is 0 Å². The molecule has 0 N–H and O–H groups in total. The molecule has 0 saturated heterocycles. The zero-order chi connectivity index (χ0) is 19.9. The summed E-state index contributed by atoms with van der Waals surface area (Å²) in [5.41, 5.74) is 5.20. The third-order valence-corrected chi connectivity index (χ3v) is 5.14. The molecular weight excluding hydrogens is 348 g/mol. The molecule has 3 nitrogen and oxygen atoms in total. The lowest BCUT2D eigenvalue weighted by atomic mass is 9.89. The normalized spacial score (nSPS) is 15.7. The average molecular weight is 374 g/mol. The first-order chi connectivity index (χ1) is 13.6. The summed E-state index contributed by atoms with van der Waals surface area (Å²) in [6.07, 6.45) is 5.94. The summed E-state index contributed by atoms with van der Waals surface area (Å²) >= 11 is 0. The Morgan fingerprint density at radius 2 is 1.79 bits per heavy atom. The first-order valence-corrected chi connectivity index (χ1v) is 9.82. The molecule has 0 saturated carbocycles. The highest BCUT2D eigenvalue weighted by Crippen LogP contribution is 2.36. The number of carbonyl (C=O) groups excluding carboxylic acids is 2. The fraction of sp³-hybridized carbons (Fsp3) is 0.280. The molecule has 0 aromatic heterocycles. The van der Waals surface area contributed by atoms with Crippen LogP contribution in [0.2, 0.25) is 0 Å². The molecule has 1 aliphatic carbocycles. The number of Topliss-reactive ketones (excluding diaryl/α,β-unsaturated/α-hetero) is 1. The zero-order valence-corrected chi connectivity index (χ0v) is 16.5. The van der Waals surface area contributed by atoms with Crippen molar-refractivity contribution in [2.75, 3.05) is 6.61 Å². The van der Waals surface area contributed by atoms with Crippen molar-refractivity contribution < 1.29 is 14.3 Å². The maximum atomic E-state index is 12.5. The molecule has 0 spiro atoms. The van der Waals surface area contributed by atoms with Gasteiger partial charge in [0.05, 0.1) is 12.2 Å². The summed E-state index contributed by atoms with van der Waals surface area (Å²) < 4.78 is 5.02. The van der Waals surface area contributed by atoms with E-state index in [1.165, 1.54) is 16.7 Å². The van der Waals surface area contributed by atoms with Gasteiger partial charge in [-0.15, -0.1) is 0 Å². The maximum Gasteiger partial charge on any atom is 0.338 e. The molecular formula is C25H26O3. The molecule has 0 fully saturated rings. The SMILES string of the molecule is CCOC(=O)c1cccc(CC(=O)CCC2=CC=C(c3ccccc3)C2C)c1. The molecule has 2 aromatic rings. The number of hydrogen-bond acceptors (Lipinski definition) is 3. The van der Waals surface area contributed by atoms with Gasteiger partial charge in [0.1, 0.15) is 5.78 Å². The Balaban J connectivity index is 1.53. The minimum absolute atomic E-state index is 0.183. The molecule has 0 amide bonds. The summed E-state index contributed by atoms with van der Waals surface area (Å²) in [5.74, 6) is 0.172. The highest BCUT2D eigenvalue weighted by Gasteiger charge is 2.20. The molecule has 0 bridgehead atoms. The molecule has 3 rings (SSSR count). The van der Waals surface area contributed by atoms with Crippen molar-refractivity contribution in [3.63, 3.8) is 0 Å². The van der Waals surface area contributed by atoms with Gasteiger partial charge in [-0.05, 0) is 42.2 Å². The molecule has 0 aliphatic heterocycles. The lowest BCUT2D eigenvalue weighted by molar-refractivity contribution is -0.118. The Bertz CT molecular complexity index is 906. The quantitative estimate of drug-likeness (QED) is 0.580. The monoisotopic (exact) mass is 374 g/mol. The van der Waals surface area contributed by atoms with Crippen LogP contribution >= 0.6 is 0 Å². The van der Waals surface area contributed by atoms with Crippen LogP contribution in [0.15, 0.2) is 72.3 Å². The van der Waals surface area contributed by atoms with Crippen molar-refractivity contribution in [2.24, 2.45) is 5.92 Å². The van der Waals surface area contributed by atoms with E-state index in [0.29, 0.717) is 30.9 Å². The van der Waals surface area contributed by atoms with Crippen LogP contribution in [0, 0.1) is 5.92 Å². The van der Waals surface area contributed by atoms with Crippen LogP contribution in [-0.2, 0) is 16.0 Å². The van der Waals surface area contributed by atoms with E-state index in [-0.39, 0.29) is 11.8 Å². The standard InChI is InChI=1S/C25H26O3/c1-3-28-25(27)22-11-7-8-19(16-22)17-23(26)14-12-20-13-15-24(18(20)2)21-9-5-4-6-10-21/h4-11,13,15-16,18H,3,12,14,17H2,1-2H3. The molecule has 28 heavy (non-hydrogen) atoms. The second-order valence-corrected chi connectivity index (χ2v) is 7.09. The van der Waals surface area contributed by atoms with Gasteiger partial charge in [0.15, 0.2) is 0 Å². The third-order valence-electron chi connectivity index (χ3n) is 5.14. The number of esters is 1. The molecule has 0 radical (unpaired) electrons. The lowest BCUT2D eigenvalue weighted by Gasteiger charge is -2.15.